The van der Waals surface area contributed by atoms with E-state index in [1.54, 1.807) is 0 Å². The summed E-state index contributed by atoms with van der Waals surface area (Å²) in [6, 6.07) is 0. The summed E-state index contributed by atoms with van der Waals surface area (Å²) in [6.45, 7) is 4.01. The molecule has 2 aliphatic carbocycles. The zero-order chi connectivity index (χ0) is 6.27. The summed E-state index contributed by atoms with van der Waals surface area (Å²) < 4.78 is 0. The molecule has 2 rings (SSSR count). The van der Waals surface area contributed by atoms with Gasteiger partial charge in [-0.25, -0.2) is 0 Å². The molecule has 2 unspecified atom stereocenters. The van der Waals surface area contributed by atoms with Gasteiger partial charge in [0.1, 0.15) is 0 Å². The van der Waals surface area contributed by atoms with Crippen molar-refractivity contribution in [1.82, 2.24) is 0 Å². The predicted octanol–water partition coefficient (Wildman–Crippen LogP) is 2.53. The molecule has 0 aromatic carbocycles. The van der Waals surface area contributed by atoms with Crippen LogP contribution in [0, 0.1) is 11.8 Å². The van der Waals surface area contributed by atoms with E-state index in [9.17, 15) is 0 Å². The van der Waals surface area contributed by atoms with Crippen LogP contribution in [0.15, 0.2) is 24.3 Å². The second kappa shape index (κ2) is 1.73. The fourth-order valence-electron chi connectivity index (χ4n) is 1.99. The van der Waals surface area contributed by atoms with Gasteiger partial charge in [-0.1, -0.05) is 24.3 Å². The van der Waals surface area contributed by atoms with E-state index in [-0.39, 0.29) is 0 Å². The minimum absolute atomic E-state index is 0.858. The van der Waals surface area contributed by atoms with E-state index < -0.39 is 0 Å². The third kappa shape index (κ3) is 0.827. The second-order valence-corrected chi connectivity index (χ2v) is 3.30. The zero-order valence-corrected chi connectivity index (χ0v) is 5.64. The highest BCUT2D eigenvalue weighted by Crippen LogP contribution is 2.38. The van der Waals surface area contributed by atoms with Crippen LogP contribution in [-0.2, 0) is 0 Å². The molecule has 2 aliphatic rings. The Morgan fingerprint density at radius 3 is 2.33 bits per heavy atom. The largest absolute Gasteiger partial charge is 0.0998 e. The van der Waals surface area contributed by atoms with Crippen molar-refractivity contribution in [2.75, 3.05) is 0 Å². The van der Waals surface area contributed by atoms with Crippen molar-refractivity contribution < 1.29 is 0 Å². The molecule has 0 radical (unpaired) electrons. The number of allylic oxidation sites excluding steroid dienone is 3. The smallest absolute Gasteiger partial charge is 0.0191 e. The maximum atomic E-state index is 4.01. The first-order valence-corrected chi connectivity index (χ1v) is 3.69. The first kappa shape index (κ1) is 5.28. The van der Waals surface area contributed by atoms with Gasteiger partial charge in [-0.15, -0.1) is 0 Å². The van der Waals surface area contributed by atoms with Crippen LogP contribution < -0.4 is 0 Å². The van der Waals surface area contributed by atoms with E-state index in [0.29, 0.717) is 0 Å². The Balaban J connectivity index is 2.18. The summed E-state index contributed by atoms with van der Waals surface area (Å²) in [6.07, 6.45) is 8.64. The Bertz CT molecular complexity index is 149. The van der Waals surface area contributed by atoms with Crippen molar-refractivity contribution >= 4 is 0 Å². The van der Waals surface area contributed by atoms with E-state index in [1.807, 2.05) is 0 Å². The van der Waals surface area contributed by atoms with Crippen LogP contribution in [0.1, 0.15) is 19.3 Å². The summed E-state index contributed by atoms with van der Waals surface area (Å²) >= 11 is 0. The zero-order valence-electron chi connectivity index (χ0n) is 5.64. The van der Waals surface area contributed by atoms with E-state index in [2.05, 4.69) is 18.7 Å². The van der Waals surface area contributed by atoms with Crippen molar-refractivity contribution in [3.8, 4) is 0 Å². The first-order valence-electron chi connectivity index (χ1n) is 3.69. The van der Waals surface area contributed by atoms with Crippen molar-refractivity contribution in [3.05, 3.63) is 24.3 Å². The lowest BCUT2D eigenvalue weighted by Crippen LogP contribution is -2.07. The van der Waals surface area contributed by atoms with Crippen LogP contribution in [0.25, 0.3) is 0 Å². The van der Waals surface area contributed by atoms with Gasteiger partial charge in [0.2, 0.25) is 0 Å². The van der Waals surface area contributed by atoms with Gasteiger partial charge in [0.05, 0.1) is 0 Å². The first-order chi connectivity index (χ1) is 4.34. The third-order valence-corrected chi connectivity index (χ3v) is 2.36. The average Bonchev–Trinajstić information content (AvgIpc) is 2.11. The van der Waals surface area contributed by atoms with Crippen molar-refractivity contribution in [2.24, 2.45) is 11.8 Å². The lowest BCUT2D eigenvalue weighted by Gasteiger charge is -2.20. The van der Waals surface area contributed by atoms with Crippen LogP contribution in [0.2, 0.25) is 0 Å². The van der Waals surface area contributed by atoms with Gasteiger partial charge >= 0.3 is 0 Å². The highest BCUT2D eigenvalue weighted by atomic mass is 14.3. The number of fused-ring (bicyclic) bond motifs is 2. The number of hydrogen-bond donors (Lipinski definition) is 0. The van der Waals surface area contributed by atoms with Crippen LogP contribution in [0.5, 0.6) is 0 Å². The molecule has 48 valence electrons. The molecule has 0 spiro atoms. The summed E-state index contributed by atoms with van der Waals surface area (Å²) in [7, 11) is 0. The molecular formula is C9H12. The summed E-state index contributed by atoms with van der Waals surface area (Å²) in [5.41, 5.74) is 1.46. The molecule has 1 fully saturated rings. The molecule has 0 saturated heterocycles. The quantitative estimate of drug-likeness (QED) is 0.431. The van der Waals surface area contributed by atoms with Crippen LogP contribution in [-0.4, -0.2) is 0 Å². The molecule has 2 bridgehead atoms. The molecule has 2 atom stereocenters. The molecule has 0 amide bonds. The van der Waals surface area contributed by atoms with Crippen LogP contribution in [0.3, 0.4) is 0 Å². The van der Waals surface area contributed by atoms with E-state index >= 15 is 0 Å². The lowest BCUT2D eigenvalue weighted by molar-refractivity contribution is 0.456. The normalized spacial score (nSPS) is 39.8. The molecule has 0 aliphatic heterocycles. The highest BCUT2D eigenvalue weighted by molar-refractivity contribution is 5.15. The SMILES string of the molecule is C=C1CC2C=CC(C1)C2. The topological polar surface area (TPSA) is 0 Å². The summed E-state index contributed by atoms with van der Waals surface area (Å²) in [5.74, 6) is 1.72. The molecule has 0 nitrogen and oxygen atoms in total. The van der Waals surface area contributed by atoms with Gasteiger partial charge in [-0.3, -0.25) is 0 Å². The van der Waals surface area contributed by atoms with Gasteiger partial charge < -0.3 is 0 Å². The number of hydrogen-bond acceptors (Lipinski definition) is 0. The lowest BCUT2D eigenvalue weighted by atomic mass is 9.85. The van der Waals surface area contributed by atoms with E-state index in [1.165, 1.54) is 24.8 Å². The van der Waals surface area contributed by atoms with Gasteiger partial charge in [-0.2, -0.15) is 0 Å². The third-order valence-electron chi connectivity index (χ3n) is 2.36. The maximum Gasteiger partial charge on any atom is -0.0191 e. The standard InChI is InChI=1S/C9H12/c1-7-4-8-2-3-9(5-7)6-8/h2-3,8-9H,1,4-6H2. The molecule has 1 saturated carbocycles. The Morgan fingerprint density at radius 2 is 1.78 bits per heavy atom. The number of rotatable bonds is 0. The Hall–Kier alpha value is -0.520. The highest BCUT2D eigenvalue weighted by Gasteiger charge is 2.24. The van der Waals surface area contributed by atoms with E-state index in [4.69, 9.17) is 0 Å². The minimum Gasteiger partial charge on any atom is -0.0998 e. The summed E-state index contributed by atoms with van der Waals surface area (Å²) in [5, 5.41) is 0. The Morgan fingerprint density at radius 1 is 1.22 bits per heavy atom. The van der Waals surface area contributed by atoms with Crippen molar-refractivity contribution in [1.29, 1.82) is 0 Å². The van der Waals surface area contributed by atoms with Crippen molar-refractivity contribution in [3.63, 3.8) is 0 Å². The van der Waals surface area contributed by atoms with Gasteiger partial charge in [-0.05, 0) is 31.1 Å². The fourth-order valence-corrected chi connectivity index (χ4v) is 1.99. The molecular weight excluding hydrogens is 108 g/mol. The van der Waals surface area contributed by atoms with Gasteiger partial charge in [0.25, 0.3) is 0 Å². The Labute approximate surface area is 56.3 Å². The molecule has 0 heteroatoms. The summed E-state index contributed by atoms with van der Waals surface area (Å²) in [4.78, 5) is 0. The Kier molecular flexibility index (Phi) is 1.01. The average molecular weight is 120 g/mol. The second-order valence-electron chi connectivity index (χ2n) is 3.30. The van der Waals surface area contributed by atoms with Crippen LogP contribution >= 0.6 is 0 Å². The molecule has 0 heterocycles. The predicted molar refractivity (Wildman–Crippen MR) is 39.1 cm³/mol. The fraction of sp³-hybridized carbons (Fsp3) is 0.556. The molecule has 9 heavy (non-hydrogen) atoms. The van der Waals surface area contributed by atoms with Gasteiger partial charge in [0, 0.05) is 0 Å². The monoisotopic (exact) mass is 120 g/mol. The minimum atomic E-state index is 0.858. The van der Waals surface area contributed by atoms with Crippen molar-refractivity contribution in [2.45, 2.75) is 19.3 Å². The van der Waals surface area contributed by atoms with E-state index in [0.717, 1.165) is 11.8 Å². The molecule has 0 aromatic heterocycles. The molecule has 0 N–H and O–H groups in total. The molecule has 0 aromatic rings. The maximum absolute atomic E-state index is 4.01. The van der Waals surface area contributed by atoms with Crippen LogP contribution in [0.4, 0.5) is 0 Å². The van der Waals surface area contributed by atoms with Gasteiger partial charge in [0.15, 0.2) is 0 Å².